The summed E-state index contributed by atoms with van der Waals surface area (Å²) < 4.78 is 38.6. The lowest BCUT2D eigenvalue weighted by Crippen LogP contribution is -2.42. The number of amides is 1. The zero-order chi connectivity index (χ0) is 24.6. The van der Waals surface area contributed by atoms with Crippen molar-refractivity contribution in [3.8, 4) is 34.5 Å². The second kappa shape index (κ2) is 8.88. The van der Waals surface area contributed by atoms with Gasteiger partial charge in [-0.15, -0.1) is 0 Å². The fraction of sp³-hybridized carbons (Fsp3) is 0.231. The van der Waals surface area contributed by atoms with Crippen molar-refractivity contribution < 1.29 is 42.7 Å². The maximum Gasteiger partial charge on any atom is 0.408 e. The SMILES string of the molecule is COc1ccc2c(c1)O[C@@H](c1ccc3c(c1)OCO3)[C@H](OC(=O)NCc1ccc3c(c1)OCO3)C2=O. The van der Waals surface area contributed by atoms with Crippen molar-refractivity contribution >= 4 is 11.9 Å². The number of Topliss-reactive ketones (excluding diaryl/α,β-unsaturated/α-hetero) is 1. The number of fused-ring (bicyclic) bond motifs is 3. The molecule has 0 aromatic heterocycles. The summed E-state index contributed by atoms with van der Waals surface area (Å²) in [4.78, 5) is 26.2. The molecule has 3 aromatic carbocycles. The van der Waals surface area contributed by atoms with Crippen LogP contribution in [0.5, 0.6) is 34.5 Å². The minimum atomic E-state index is -1.23. The van der Waals surface area contributed by atoms with E-state index in [9.17, 15) is 9.59 Å². The van der Waals surface area contributed by atoms with Gasteiger partial charge in [-0.2, -0.15) is 0 Å². The van der Waals surface area contributed by atoms with Gasteiger partial charge in [0.15, 0.2) is 29.1 Å². The molecule has 6 rings (SSSR count). The summed E-state index contributed by atoms with van der Waals surface area (Å²) >= 11 is 0. The Labute approximate surface area is 205 Å². The molecule has 0 fully saturated rings. The summed E-state index contributed by atoms with van der Waals surface area (Å²) in [5, 5.41) is 2.68. The standard InChI is InChI=1S/C26H21NO9/c1-30-16-4-5-17-20(10-16)35-24(15-3-7-19-22(9-15)34-13-32-19)25(23(17)28)36-26(29)27-11-14-2-6-18-21(8-14)33-12-31-18/h2-10,24-25H,11-13H2,1H3,(H,27,29)/t24-,25+/m0/s1. The molecule has 3 aliphatic heterocycles. The molecule has 0 saturated carbocycles. The fourth-order valence-corrected chi connectivity index (χ4v) is 4.25. The van der Waals surface area contributed by atoms with Gasteiger partial charge in [-0.05, 0) is 42.0 Å². The van der Waals surface area contributed by atoms with Gasteiger partial charge in [0.05, 0.1) is 12.7 Å². The van der Waals surface area contributed by atoms with Crippen molar-refractivity contribution in [2.75, 3.05) is 20.7 Å². The van der Waals surface area contributed by atoms with Gasteiger partial charge in [-0.3, -0.25) is 4.79 Å². The number of methoxy groups -OCH3 is 1. The van der Waals surface area contributed by atoms with Gasteiger partial charge in [-0.1, -0.05) is 12.1 Å². The summed E-state index contributed by atoms with van der Waals surface area (Å²) in [5.74, 6) is 2.84. The summed E-state index contributed by atoms with van der Waals surface area (Å²) in [6.45, 7) is 0.428. The molecule has 1 amide bonds. The average molecular weight is 491 g/mol. The number of nitrogens with one attached hydrogen (secondary N) is 1. The van der Waals surface area contributed by atoms with Gasteiger partial charge in [0, 0.05) is 18.2 Å². The van der Waals surface area contributed by atoms with Crippen LogP contribution < -0.4 is 33.7 Å². The Kier molecular flexibility index (Phi) is 5.40. The summed E-state index contributed by atoms with van der Waals surface area (Å²) in [6.07, 6.45) is -2.91. The highest BCUT2D eigenvalue weighted by molar-refractivity contribution is 6.04. The zero-order valence-corrected chi connectivity index (χ0v) is 19.1. The number of ether oxygens (including phenoxy) is 7. The van der Waals surface area contributed by atoms with Gasteiger partial charge in [0.1, 0.15) is 11.5 Å². The van der Waals surface area contributed by atoms with Gasteiger partial charge in [0.25, 0.3) is 0 Å². The molecule has 3 aromatic rings. The van der Waals surface area contributed by atoms with Crippen LogP contribution in [0.4, 0.5) is 4.79 Å². The highest BCUT2D eigenvalue weighted by Crippen LogP contribution is 2.41. The zero-order valence-electron chi connectivity index (χ0n) is 19.1. The number of ketones is 1. The third-order valence-electron chi connectivity index (χ3n) is 6.07. The van der Waals surface area contributed by atoms with E-state index in [-0.39, 0.29) is 25.9 Å². The second-order valence-electron chi connectivity index (χ2n) is 8.24. The Balaban J connectivity index is 1.24. The largest absolute Gasteiger partial charge is 0.497 e. The number of carbonyl (C=O) groups excluding carboxylic acids is 2. The predicted molar refractivity (Wildman–Crippen MR) is 123 cm³/mol. The van der Waals surface area contributed by atoms with Crippen LogP contribution >= 0.6 is 0 Å². The van der Waals surface area contributed by atoms with Crippen molar-refractivity contribution in [3.05, 3.63) is 71.3 Å². The lowest BCUT2D eigenvalue weighted by Gasteiger charge is -2.32. The van der Waals surface area contributed by atoms with Gasteiger partial charge in [-0.25, -0.2) is 4.79 Å². The first kappa shape index (κ1) is 21.9. The Morgan fingerprint density at radius 3 is 2.39 bits per heavy atom. The Morgan fingerprint density at radius 1 is 0.889 bits per heavy atom. The molecule has 10 nitrogen and oxygen atoms in total. The third kappa shape index (κ3) is 3.96. The van der Waals surface area contributed by atoms with E-state index in [1.165, 1.54) is 7.11 Å². The molecule has 3 heterocycles. The van der Waals surface area contributed by atoms with E-state index in [1.54, 1.807) is 48.5 Å². The van der Waals surface area contributed by atoms with Crippen LogP contribution in [0.25, 0.3) is 0 Å². The molecule has 0 radical (unpaired) electrons. The Hall–Kier alpha value is -4.60. The van der Waals surface area contributed by atoms with Crippen LogP contribution in [0.3, 0.4) is 0 Å². The second-order valence-corrected chi connectivity index (χ2v) is 8.24. The maximum absolute atomic E-state index is 13.5. The summed E-state index contributed by atoms with van der Waals surface area (Å²) in [6, 6.07) is 15.4. The van der Waals surface area contributed by atoms with Crippen molar-refractivity contribution in [2.24, 2.45) is 0 Å². The van der Waals surface area contributed by atoms with Gasteiger partial charge >= 0.3 is 6.09 Å². The average Bonchev–Trinajstić information content (AvgIpc) is 3.57. The van der Waals surface area contributed by atoms with Gasteiger partial charge in [0.2, 0.25) is 25.5 Å². The monoisotopic (exact) mass is 491 g/mol. The minimum Gasteiger partial charge on any atom is -0.497 e. The van der Waals surface area contributed by atoms with Crippen molar-refractivity contribution in [1.82, 2.24) is 5.32 Å². The quantitative estimate of drug-likeness (QED) is 0.570. The van der Waals surface area contributed by atoms with Crippen molar-refractivity contribution in [1.29, 1.82) is 0 Å². The molecule has 0 bridgehead atoms. The number of benzene rings is 3. The van der Waals surface area contributed by atoms with Crippen LogP contribution in [0, 0.1) is 0 Å². The molecule has 36 heavy (non-hydrogen) atoms. The maximum atomic E-state index is 13.5. The molecule has 2 atom stereocenters. The van der Waals surface area contributed by atoms with Crippen LogP contribution in [0.2, 0.25) is 0 Å². The third-order valence-corrected chi connectivity index (χ3v) is 6.07. The van der Waals surface area contributed by atoms with E-state index < -0.39 is 18.3 Å². The van der Waals surface area contributed by atoms with Crippen LogP contribution in [-0.2, 0) is 11.3 Å². The Bertz CT molecular complexity index is 1360. The molecule has 10 heteroatoms. The van der Waals surface area contributed by atoms with E-state index in [2.05, 4.69) is 5.32 Å². The number of hydrogen-bond acceptors (Lipinski definition) is 9. The van der Waals surface area contributed by atoms with Crippen LogP contribution in [0.15, 0.2) is 54.6 Å². The molecule has 1 N–H and O–H groups in total. The van der Waals surface area contributed by atoms with Crippen LogP contribution in [-0.4, -0.2) is 38.7 Å². The fourth-order valence-electron chi connectivity index (χ4n) is 4.25. The lowest BCUT2D eigenvalue weighted by molar-refractivity contribution is 0.00884. The smallest absolute Gasteiger partial charge is 0.408 e. The predicted octanol–water partition coefficient (Wildman–Crippen LogP) is 3.76. The van der Waals surface area contributed by atoms with Crippen molar-refractivity contribution in [3.63, 3.8) is 0 Å². The first-order valence-electron chi connectivity index (χ1n) is 11.2. The minimum absolute atomic E-state index is 0.103. The van der Waals surface area contributed by atoms with Crippen molar-refractivity contribution in [2.45, 2.75) is 18.8 Å². The number of carbonyl (C=O) groups is 2. The van der Waals surface area contributed by atoms with Gasteiger partial charge < -0.3 is 38.5 Å². The Morgan fingerprint density at radius 2 is 1.61 bits per heavy atom. The molecule has 0 aliphatic carbocycles. The number of hydrogen-bond donors (Lipinski definition) is 1. The molecule has 3 aliphatic rings. The molecule has 0 saturated heterocycles. The number of alkyl carbamates (subject to hydrolysis) is 1. The van der Waals surface area contributed by atoms with E-state index in [1.807, 2.05) is 6.07 Å². The van der Waals surface area contributed by atoms with E-state index >= 15 is 0 Å². The first-order chi connectivity index (χ1) is 17.6. The highest BCUT2D eigenvalue weighted by Gasteiger charge is 2.42. The normalized spacial score (nSPS) is 18.8. The molecule has 184 valence electrons. The van der Waals surface area contributed by atoms with Crippen LogP contribution in [0.1, 0.15) is 27.6 Å². The van der Waals surface area contributed by atoms with E-state index in [4.69, 9.17) is 33.2 Å². The summed E-state index contributed by atoms with van der Waals surface area (Å²) in [7, 11) is 1.53. The molecular weight excluding hydrogens is 470 g/mol. The highest BCUT2D eigenvalue weighted by atomic mass is 16.7. The molecule has 0 spiro atoms. The lowest BCUT2D eigenvalue weighted by atomic mass is 9.93. The first-order valence-corrected chi connectivity index (χ1v) is 11.2. The molecular formula is C26H21NO9. The number of rotatable bonds is 5. The topological polar surface area (TPSA) is 111 Å². The van der Waals surface area contributed by atoms with E-state index in [0.29, 0.717) is 45.6 Å². The van der Waals surface area contributed by atoms with E-state index in [0.717, 1.165) is 5.56 Å². The molecule has 0 unspecified atom stereocenters. The summed E-state index contributed by atoms with van der Waals surface area (Å²) in [5.41, 5.74) is 1.67.